The van der Waals surface area contributed by atoms with E-state index in [1.165, 1.54) is 17.5 Å². The number of oxime groups is 1. The molecule has 0 amide bonds. The summed E-state index contributed by atoms with van der Waals surface area (Å²) in [5.74, 6) is 0. The molecule has 3 heteroatoms. The first-order valence-corrected chi connectivity index (χ1v) is 5.30. The molecule has 1 aromatic carbocycles. The van der Waals surface area contributed by atoms with Gasteiger partial charge in [0, 0.05) is 23.8 Å². The number of benzene rings is 1. The Morgan fingerprint density at radius 1 is 1.31 bits per heavy atom. The van der Waals surface area contributed by atoms with E-state index in [-0.39, 0.29) is 5.41 Å². The van der Waals surface area contributed by atoms with Crippen molar-refractivity contribution in [3.63, 3.8) is 0 Å². The Labute approximate surface area is 95.7 Å². The van der Waals surface area contributed by atoms with Crippen LogP contribution in [0.4, 0.5) is 5.69 Å². The summed E-state index contributed by atoms with van der Waals surface area (Å²) >= 11 is 0. The van der Waals surface area contributed by atoms with Gasteiger partial charge >= 0.3 is 0 Å². The number of fused-ring (bicyclic) bond motifs is 1. The number of hydrogen-bond acceptors (Lipinski definition) is 3. The van der Waals surface area contributed by atoms with E-state index in [1.54, 1.807) is 0 Å². The number of allylic oxidation sites excluding steroid dienone is 2. The van der Waals surface area contributed by atoms with Crippen LogP contribution in [-0.2, 0) is 5.41 Å². The first-order chi connectivity index (χ1) is 7.59. The number of rotatable bonds is 1. The topological polar surface area (TPSA) is 35.8 Å². The van der Waals surface area contributed by atoms with Crippen LogP contribution in [0.2, 0.25) is 0 Å². The Morgan fingerprint density at radius 3 is 2.62 bits per heavy atom. The molecule has 0 bridgehead atoms. The Hall–Kier alpha value is -1.77. The summed E-state index contributed by atoms with van der Waals surface area (Å²) in [4.78, 5) is 2.14. The number of anilines is 1. The summed E-state index contributed by atoms with van der Waals surface area (Å²) in [6.45, 7) is 4.35. The van der Waals surface area contributed by atoms with Crippen LogP contribution >= 0.6 is 0 Å². The largest absolute Gasteiger partial charge is 0.411 e. The molecular weight excluding hydrogens is 200 g/mol. The Balaban J connectivity index is 2.57. The highest BCUT2D eigenvalue weighted by molar-refractivity contribution is 5.78. The molecule has 0 spiro atoms. The van der Waals surface area contributed by atoms with Crippen molar-refractivity contribution in [2.45, 2.75) is 19.3 Å². The lowest BCUT2D eigenvalue weighted by Gasteiger charge is -2.23. The second kappa shape index (κ2) is 3.67. The van der Waals surface area contributed by atoms with Crippen molar-refractivity contribution in [1.29, 1.82) is 0 Å². The molecule has 2 rings (SSSR count). The molecule has 16 heavy (non-hydrogen) atoms. The molecule has 84 valence electrons. The maximum absolute atomic E-state index is 8.51. The highest BCUT2D eigenvalue weighted by Gasteiger charge is 2.37. The molecule has 0 saturated carbocycles. The molecule has 0 saturated heterocycles. The smallest absolute Gasteiger partial charge is 0.0679 e. The fourth-order valence-electron chi connectivity index (χ4n) is 2.41. The van der Waals surface area contributed by atoms with Crippen LogP contribution in [-0.4, -0.2) is 18.5 Å². The quantitative estimate of drug-likeness (QED) is 0.445. The lowest BCUT2D eigenvalue weighted by molar-refractivity contribution is 0.322. The summed E-state index contributed by atoms with van der Waals surface area (Å²) in [6.07, 6.45) is 3.26. The van der Waals surface area contributed by atoms with Crippen LogP contribution in [0.1, 0.15) is 19.4 Å². The highest BCUT2D eigenvalue weighted by atomic mass is 16.4. The van der Waals surface area contributed by atoms with Crippen molar-refractivity contribution in [3.8, 4) is 0 Å². The Morgan fingerprint density at radius 2 is 2.00 bits per heavy atom. The van der Waals surface area contributed by atoms with Crippen molar-refractivity contribution >= 4 is 11.9 Å². The van der Waals surface area contributed by atoms with Crippen LogP contribution in [0.3, 0.4) is 0 Å². The molecule has 1 heterocycles. The van der Waals surface area contributed by atoms with Gasteiger partial charge in [0.25, 0.3) is 0 Å². The second-order valence-corrected chi connectivity index (χ2v) is 4.52. The third-order valence-electron chi connectivity index (χ3n) is 3.24. The zero-order valence-corrected chi connectivity index (χ0v) is 9.81. The van der Waals surface area contributed by atoms with E-state index in [0.717, 1.165) is 5.70 Å². The van der Waals surface area contributed by atoms with Gasteiger partial charge in [-0.05, 0) is 17.7 Å². The molecule has 1 aromatic rings. The maximum Gasteiger partial charge on any atom is 0.0679 e. The third kappa shape index (κ3) is 1.40. The highest BCUT2D eigenvalue weighted by Crippen LogP contribution is 2.46. The predicted octanol–water partition coefficient (Wildman–Crippen LogP) is 2.76. The lowest BCUT2D eigenvalue weighted by atomic mass is 9.84. The fourth-order valence-corrected chi connectivity index (χ4v) is 2.41. The van der Waals surface area contributed by atoms with Gasteiger partial charge in [-0.3, -0.25) is 0 Å². The maximum atomic E-state index is 8.51. The molecule has 0 atom stereocenters. The summed E-state index contributed by atoms with van der Waals surface area (Å²) in [5.41, 5.74) is 3.60. The van der Waals surface area contributed by atoms with Crippen LogP contribution < -0.4 is 4.90 Å². The third-order valence-corrected chi connectivity index (χ3v) is 3.24. The minimum absolute atomic E-state index is 0.0491. The first-order valence-electron chi connectivity index (χ1n) is 5.30. The molecule has 0 radical (unpaired) electrons. The van der Waals surface area contributed by atoms with E-state index < -0.39 is 0 Å². The van der Waals surface area contributed by atoms with Crippen molar-refractivity contribution in [3.05, 3.63) is 41.6 Å². The molecule has 0 aliphatic carbocycles. The normalized spacial score (nSPS) is 20.7. The van der Waals surface area contributed by atoms with E-state index in [0.29, 0.717) is 0 Å². The van der Waals surface area contributed by atoms with Gasteiger partial charge in [0.15, 0.2) is 0 Å². The molecule has 0 unspecified atom stereocenters. The average Bonchev–Trinajstić information content (AvgIpc) is 2.46. The van der Waals surface area contributed by atoms with Crippen LogP contribution in [0.25, 0.3) is 0 Å². The average molecular weight is 216 g/mol. The monoisotopic (exact) mass is 216 g/mol. The molecule has 3 nitrogen and oxygen atoms in total. The van der Waals surface area contributed by atoms with Crippen LogP contribution in [0, 0.1) is 0 Å². The molecule has 0 aromatic heterocycles. The molecule has 0 fully saturated rings. The van der Waals surface area contributed by atoms with Gasteiger partial charge < -0.3 is 10.1 Å². The molecule has 1 N–H and O–H groups in total. The minimum atomic E-state index is -0.0491. The standard InChI is InChI=1S/C13H16N2O/c1-13(2)10-6-4-5-7-11(10)15(3)12(13)8-9-14-16/h4-9,16H,1-3H3/b12-8-,14-9+. The van der Waals surface area contributed by atoms with Gasteiger partial charge in [-0.25, -0.2) is 0 Å². The molecule has 1 aliphatic rings. The van der Waals surface area contributed by atoms with Gasteiger partial charge in [-0.15, -0.1) is 0 Å². The Kier molecular flexibility index (Phi) is 2.46. The summed E-state index contributed by atoms with van der Waals surface area (Å²) in [6, 6.07) is 8.34. The number of likely N-dealkylation sites (N-methyl/N-ethyl adjacent to an activating group) is 1. The van der Waals surface area contributed by atoms with Gasteiger partial charge in [0.1, 0.15) is 0 Å². The van der Waals surface area contributed by atoms with Crippen LogP contribution in [0.5, 0.6) is 0 Å². The minimum Gasteiger partial charge on any atom is -0.411 e. The zero-order valence-electron chi connectivity index (χ0n) is 9.81. The fraction of sp³-hybridized carbons (Fsp3) is 0.308. The van der Waals surface area contributed by atoms with Gasteiger partial charge in [-0.2, -0.15) is 0 Å². The summed E-state index contributed by atoms with van der Waals surface area (Å²) in [7, 11) is 2.03. The van der Waals surface area contributed by atoms with Crippen molar-refractivity contribution in [2.24, 2.45) is 5.16 Å². The van der Waals surface area contributed by atoms with Gasteiger partial charge in [-0.1, -0.05) is 37.2 Å². The Bertz CT molecular complexity index is 461. The van der Waals surface area contributed by atoms with Crippen LogP contribution in [0.15, 0.2) is 41.2 Å². The number of para-hydroxylation sites is 1. The SMILES string of the molecule is CN1/C(=C\C=N\O)C(C)(C)c2ccccc21. The predicted molar refractivity (Wildman–Crippen MR) is 66.2 cm³/mol. The lowest BCUT2D eigenvalue weighted by Crippen LogP contribution is -2.23. The van der Waals surface area contributed by atoms with Gasteiger partial charge in [0.2, 0.25) is 0 Å². The van der Waals surface area contributed by atoms with Crippen molar-refractivity contribution < 1.29 is 5.21 Å². The van der Waals surface area contributed by atoms with E-state index >= 15 is 0 Å². The molecular formula is C13H16N2O. The van der Waals surface area contributed by atoms with Crippen molar-refractivity contribution in [1.82, 2.24) is 0 Å². The number of nitrogens with zero attached hydrogens (tertiary/aromatic N) is 2. The number of hydrogen-bond donors (Lipinski definition) is 1. The van der Waals surface area contributed by atoms with E-state index in [9.17, 15) is 0 Å². The second-order valence-electron chi connectivity index (χ2n) is 4.52. The van der Waals surface area contributed by atoms with Gasteiger partial charge in [0.05, 0.1) is 6.21 Å². The van der Waals surface area contributed by atoms with E-state index in [2.05, 4.69) is 42.1 Å². The van der Waals surface area contributed by atoms with Crippen molar-refractivity contribution in [2.75, 3.05) is 11.9 Å². The van der Waals surface area contributed by atoms with E-state index in [4.69, 9.17) is 5.21 Å². The summed E-state index contributed by atoms with van der Waals surface area (Å²) in [5, 5.41) is 11.5. The zero-order chi connectivity index (χ0) is 11.8. The first kappa shape index (κ1) is 10.7. The summed E-state index contributed by atoms with van der Waals surface area (Å²) < 4.78 is 0. The van der Waals surface area contributed by atoms with E-state index in [1.807, 2.05) is 19.2 Å². The molecule has 1 aliphatic heterocycles.